The summed E-state index contributed by atoms with van der Waals surface area (Å²) in [5.41, 5.74) is 1.05. The van der Waals surface area contributed by atoms with Gasteiger partial charge in [-0.25, -0.2) is 0 Å². The van der Waals surface area contributed by atoms with E-state index in [1.807, 2.05) is 36.6 Å². The summed E-state index contributed by atoms with van der Waals surface area (Å²) in [5, 5.41) is 12.3. The number of nitrogens with one attached hydrogen (secondary N) is 1. The van der Waals surface area contributed by atoms with Crippen LogP contribution in [-0.4, -0.2) is 18.2 Å². The molecule has 22 heavy (non-hydrogen) atoms. The van der Waals surface area contributed by atoms with Crippen molar-refractivity contribution in [2.45, 2.75) is 43.5 Å². The molecule has 1 aliphatic rings. The fourth-order valence-corrected chi connectivity index (χ4v) is 3.20. The summed E-state index contributed by atoms with van der Waals surface area (Å²) >= 11 is 1.67. The van der Waals surface area contributed by atoms with Gasteiger partial charge in [-0.2, -0.15) is 5.26 Å². The Morgan fingerprint density at radius 3 is 2.59 bits per heavy atom. The third-order valence-corrected chi connectivity index (χ3v) is 4.96. The summed E-state index contributed by atoms with van der Waals surface area (Å²) in [4.78, 5) is 13.5. The standard InChI is InChI=1S/C18H22N2OS/c1-13-5-3-4-6-17(13)20-18(21)15(12-19)11-14-7-9-16(22-2)10-8-14/h7-11,13,17H,3-6H2,1-2H3,(H,20,21)/b15-11+/t13-,17+/m1/s1. The second-order valence-electron chi connectivity index (χ2n) is 5.78. The minimum Gasteiger partial charge on any atom is -0.348 e. The highest BCUT2D eigenvalue weighted by molar-refractivity contribution is 7.98. The molecule has 1 fully saturated rings. The van der Waals surface area contributed by atoms with Crippen molar-refractivity contribution < 1.29 is 4.79 Å². The van der Waals surface area contributed by atoms with Crippen LogP contribution in [0.25, 0.3) is 6.08 Å². The summed E-state index contributed by atoms with van der Waals surface area (Å²) in [6.45, 7) is 2.17. The SMILES string of the molecule is CSc1ccc(/C=C(\C#N)C(=O)N[C@H]2CCCC[C@H]2C)cc1. The van der Waals surface area contributed by atoms with Crippen LogP contribution < -0.4 is 5.32 Å². The molecular formula is C18H22N2OS. The molecule has 0 spiro atoms. The van der Waals surface area contributed by atoms with Gasteiger partial charge in [-0.3, -0.25) is 4.79 Å². The molecule has 2 atom stereocenters. The molecule has 0 unspecified atom stereocenters. The first-order chi connectivity index (χ1) is 10.6. The molecule has 116 valence electrons. The largest absolute Gasteiger partial charge is 0.348 e. The molecule has 2 rings (SSSR count). The molecule has 1 aliphatic carbocycles. The maximum atomic E-state index is 12.3. The lowest BCUT2D eigenvalue weighted by atomic mass is 9.86. The van der Waals surface area contributed by atoms with Crippen LogP contribution in [0.2, 0.25) is 0 Å². The molecule has 1 saturated carbocycles. The quantitative estimate of drug-likeness (QED) is 0.519. The van der Waals surface area contributed by atoms with Crippen LogP contribution in [-0.2, 0) is 4.79 Å². The van der Waals surface area contributed by atoms with Gasteiger partial charge in [0.05, 0.1) is 0 Å². The Labute approximate surface area is 136 Å². The number of nitriles is 1. The van der Waals surface area contributed by atoms with E-state index in [0.29, 0.717) is 5.92 Å². The second-order valence-corrected chi connectivity index (χ2v) is 6.66. The highest BCUT2D eigenvalue weighted by Gasteiger charge is 2.23. The fraction of sp³-hybridized carbons (Fsp3) is 0.444. The smallest absolute Gasteiger partial charge is 0.262 e. The lowest BCUT2D eigenvalue weighted by Gasteiger charge is -2.29. The van der Waals surface area contributed by atoms with Crippen molar-refractivity contribution in [1.29, 1.82) is 5.26 Å². The minimum absolute atomic E-state index is 0.176. The first kappa shape index (κ1) is 16.6. The third kappa shape index (κ3) is 4.38. The maximum absolute atomic E-state index is 12.3. The molecule has 1 amide bonds. The molecule has 0 aliphatic heterocycles. The molecule has 3 nitrogen and oxygen atoms in total. The monoisotopic (exact) mass is 314 g/mol. The van der Waals surface area contributed by atoms with Crippen molar-refractivity contribution in [3.8, 4) is 6.07 Å². The number of carbonyl (C=O) groups is 1. The number of nitrogens with zero attached hydrogens (tertiary/aromatic N) is 1. The van der Waals surface area contributed by atoms with E-state index in [9.17, 15) is 10.1 Å². The zero-order valence-corrected chi connectivity index (χ0v) is 14.0. The average molecular weight is 314 g/mol. The van der Waals surface area contributed by atoms with Crippen molar-refractivity contribution in [2.24, 2.45) is 5.92 Å². The van der Waals surface area contributed by atoms with Crippen LogP contribution in [0.5, 0.6) is 0 Å². The molecular weight excluding hydrogens is 292 g/mol. The Balaban J connectivity index is 2.07. The van der Waals surface area contributed by atoms with Gasteiger partial charge in [0.15, 0.2) is 0 Å². The summed E-state index contributed by atoms with van der Waals surface area (Å²) in [7, 11) is 0. The first-order valence-corrected chi connectivity index (χ1v) is 8.93. The lowest BCUT2D eigenvalue weighted by Crippen LogP contribution is -2.41. The molecule has 0 bridgehead atoms. The van der Waals surface area contributed by atoms with Gasteiger partial charge in [0.1, 0.15) is 11.6 Å². The highest BCUT2D eigenvalue weighted by atomic mass is 32.2. The van der Waals surface area contributed by atoms with Gasteiger partial charge in [0.2, 0.25) is 0 Å². The number of thioether (sulfide) groups is 1. The van der Waals surface area contributed by atoms with Crippen LogP contribution >= 0.6 is 11.8 Å². The number of carbonyl (C=O) groups excluding carboxylic acids is 1. The summed E-state index contributed by atoms with van der Waals surface area (Å²) in [6, 6.07) is 10.1. The minimum atomic E-state index is -0.254. The van der Waals surface area contributed by atoms with Gasteiger partial charge in [0.25, 0.3) is 5.91 Å². The second kappa shape index (κ2) is 8.05. The van der Waals surface area contributed by atoms with E-state index in [2.05, 4.69) is 12.2 Å². The highest BCUT2D eigenvalue weighted by Crippen LogP contribution is 2.24. The van der Waals surface area contributed by atoms with Gasteiger partial charge in [0, 0.05) is 10.9 Å². The Hall–Kier alpha value is -1.73. The summed E-state index contributed by atoms with van der Waals surface area (Å²) in [5.74, 6) is 0.230. The summed E-state index contributed by atoms with van der Waals surface area (Å²) in [6.07, 6.45) is 8.21. The molecule has 0 saturated heterocycles. The van der Waals surface area contributed by atoms with Gasteiger partial charge in [-0.15, -0.1) is 11.8 Å². The predicted octanol–water partition coefficient (Wildman–Crippen LogP) is 4.01. The van der Waals surface area contributed by atoms with E-state index in [1.54, 1.807) is 17.8 Å². The Morgan fingerprint density at radius 1 is 1.32 bits per heavy atom. The van der Waals surface area contributed by atoms with E-state index >= 15 is 0 Å². The van der Waals surface area contributed by atoms with E-state index in [-0.39, 0.29) is 17.5 Å². The molecule has 1 aromatic rings. The van der Waals surface area contributed by atoms with Crippen molar-refractivity contribution in [1.82, 2.24) is 5.32 Å². The van der Waals surface area contributed by atoms with Gasteiger partial charge >= 0.3 is 0 Å². The Morgan fingerprint density at radius 2 is 2.00 bits per heavy atom. The van der Waals surface area contributed by atoms with Crippen LogP contribution in [0.4, 0.5) is 0 Å². The molecule has 0 aromatic heterocycles. The predicted molar refractivity (Wildman–Crippen MR) is 91.4 cm³/mol. The first-order valence-electron chi connectivity index (χ1n) is 7.70. The normalized spacial score (nSPS) is 22.0. The zero-order chi connectivity index (χ0) is 15.9. The Kier molecular flexibility index (Phi) is 6.09. The number of hydrogen-bond donors (Lipinski definition) is 1. The van der Waals surface area contributed by atoms with Crippen LogP contribution in [0.15, 0.2) is 34.7 Å². The average Bonchev–Trinajstić information content (AvgIpc) is 2.55. The molecule has 4 heteroatoms. The van der Waals surface area contributed by atoms with Gasteiger partial charge in [-0.05, 0) is 48.8 Å². The number of hydrogen-bond acceptors (Lipinski definition) is 3. The van der Waals surface area contributed by atoms with E-state index < -0.39 is 0 Å². The lowest BCUT2D eigenvalue weighted by molar-refractivity contribution is -0.118. The fourth-order valence-electron chi connectivity index (χ4n) is 2.79. The summed E-state index contributed by atoms with van der Waals surface area (Å²) < 4.78 is 0. The van der Waals surface area contributed by atoms with Crippen LogP contribution in [0, 0.1) is 17.2 Å². The molecule has 1 aromatic carbocycles. The molecule has 0 heterocycles. The number of rotatable bonds is 4. The van der Waals surface area contributed by atoms with Crippen LogP contribution in [0.3, 0.4) is 0 Å². The van der Waals surface area contributed by atoms with Gasteiger partial charge < -0.3 is 5.32 Å². The number of amides is 1. The van der Waals surface area contributed by atoms with E-state index in [0.717, 1.165) is 29.7 Å². The van der Waals surface area contributed by atoms with Crippen LogP contribution in [0.1, 0.15) is 38.2 Å². The van der Waals surface area contributed by atoms with Crippen molar-refractivity contribution in [3.63, 3.8) is 0 Å². The number of benzene rings is 1. The van der Waals surface area contributed by atoms with Crippen molar-refractivity contribution in [3.05, 3.63) is 35.4 Å². The Bertz CT molecular complexity index is 586. The van der Waals surface area contributed by atoms with Crippen molar-refractivity contribution >= 4 is 23.7 Å². The van der Waals surface area contributed by atoms with E-state index in [4.69, 9.17) is 0 Å². The van der Waals surface area contributed by atoms with E-state index in [1.165, 1.54) is 6.42 Å². The van der Waals surface area contributed by atoms with Crippen molar-refractivity contribution in [2.75, 3.05) is 6.26 Å². The zero-order valence-electron chi connectivity index (χ0n) is 13.1. The topological polar surface area (TPSA) is 52.9 Å². The molecule has 0 radical (unpaired) electrons. The maximum Gasteiger partial charge on any atom is 0.262 e. The molecule has 1 N–H and O–H groups in total. The van der Waals surface area contributed by atoms with Gasteiger partial charge in [-0.1, -0.05) is 31.9 Å². The third-order valence-electron chi connectivity index (χ3n) is 4.22.